The standard InChI is InChI=1S/C19H25NO/c1-5-18(14-6-12-17(21)13-7-14)20-16-10-8-15(9-11-16)19(2,3)4/h6-13,18,20-21H,5H2,1-4H3. The topological polar surface area (TPSA) is 32.3 Å². The molecule has 0 fully saturated rings. The van der Waals surface area contributed by atoms with Crippen LogP contribution >= 0.6 is 0 Å². The summed E-state index contributed by atoms with van der Waals surface area (Å²) in [6.45, 7) is 8.83. The van der Waals surface area contributed by atoms with E-state index >= 15 is 0 Å². The predicted octanol–water partition coefficient (Wildman–Crippen LogP) is 5.25. The quantitative estimate of drug-likeness (QED) is 0.803. The molecule has 0 bridgehead atoms. The zero-order valence-corrected chi connectivity index (χ0v) is 13.4. The molecule has 2 rings (SSSR count). The van der Waals surface area contributed by atoms with Crippen molar-refractivity contribution in [1.29, 1.82) is 0 Å². The van der Waals surface area contributed by atoms with Gasteiger partial charge in [0.05, 0.1) is 6.04 Å². The van der Waals surface area contributed by atoms with Gasteiger partial charge < -0.3 is 10.4 Å². The molecule has 2 aromatic carbocycles. The first-order chi connectivity index (χ1) is 9.90. The number of benzene rings is 2. The Morgan fingerprint density at radius 3 is 2.00 bits per heavy atom. The monoisotopic (exact) mass is 283 g/mol. The summed E-state index contributed by atoms with van der Waals surface area (Å²) < 4.78 is 0. The molecular weight excluding hydrogens is 258 g/mol. The van der Waals surface area contributed by atoms with Gasteiger partial charge in [-0.05, 0) is 47.2 Å². The van der Waals surface area contributed by atoms with Crippen molar-refractivity contribution in [3.05, 3.63) is 59.7 Å². The number of nitrogens with one attached hydrogen (secondary N) is 1. The smallest absolute Gasteiger partial charge is 0.115 e. The third kappa shape index (κ3) is 4.01. The number of hydrogen-bond acceptors (Lipinski definition) is 2. The van der Waals surface area contributed by atoms with Crippen LogP contribution in [0, 0.1) is 0 Å². The Morgan fingerprint density at radius 1 is 0.952 bits per heavy atom. The Labute approximate surface area is 127 Å². The van der Waals surface area contributed by atoms with E-state index in [4.69, 9.17) is 0 Å². The summed E-state index contributed by atoms with van der Waals surface area (Å²) in [7, 11) is 0. The molecule has 2 heteroatoms. The molecule has 112 valence electrons. The van der Waals surface area contributed by atoms with Crippen LogP contribution in [0.15, 0.2) is 48.5 Å². The van der Waals surface area contributed by atoms with E-state index in [1.54, 1.807) is 12.1 Å². The number of aromatic hydroxyl groups is 1. The number of phenols is 1. The van der Waals surface area contributed by atoms with Crippen LogP contribution in [0.5, 0.6) is 5.75 Å². The van der Waals surface area contributed by atoms with Crippen LogP contribution in [0.4, 0.5) is 5.69 Å². The van der Waals surface area contributed by atoms with Gasteiger partial charge in [-0.1, -0.05) is 52.0 Å². The van der Waals surface area contributed by atoms with Crippen LogP contribution < -0.4 is 5.32 Å². The van der Waals surface area contributed by atoms with Crippen molar-refractivity contribution in [2.45, 2.75) is 45.6 Å². The van der Waals surface area contributed by atoms with Crippen LogP contribution in [0.3, 0.4) is 0 Å². The molecule has 0 amide bonds. The zero-order valence-electron chi connectivity index (χ0n) is 13.4. The van der Waals surface area contributed by atoms with Gasteiger partial charge in [-0.15, -0.1) is 0 Å². The van der Waals surface area contributed by atoms with Gasteiger partial charge in [0.1, 0.15) is 5.75 Å². The maximum atomic E-state index is 9.39. The van der Waals surface area contributed by atoms with Crippen LogP contribution in [-0.4, -0.2) is 5.11 Å². The summed E-state index contributed by atoms with van der Waals surface area (Å²) in [6, 6.07) is 16.3. The van der Waals surface area contributed by atoms with E-state index in [9.17, 15) is 5.11 Å². The molecule has 2 nitrogen and oxygen atoms in total. The molecule has 21 heavy (non-hydrogen) atoms. The van der Waals surface area contributed by atoms with Crippen molar-refractivity contribution >= 4 is 5.69 Å². The Bertz CT molecular complexity index is 564. The summed E-state index contributed by atoms with van der Waals surface area (Å²) in [5.41, 5.74) is 3.84. The molecule has 0 spiro atoms. The second kappa shape index (κ2) is 6.21. The highest BCUT2D eigenvalue weighted by molar-refractivity contribution is 5.48. The third-order valence-electron chi connectivity index (χ3n) is 3.80. The first kappa shape index (κ1) is 15.4. The van der Waals surface area contributed by atoms with Crippen molar-refractivity contribution in [1.82, 2.24) is 0 Å². The summed E-state index contributed by atoms with van der Waals surface area (Å²) in [5, 5.41) is 12.9. The summed E-state index contributed by atoms with van der Waals surface area (Å²) in [6.07, 6.45) is 0.992. The minimum Gasteiger partial charge on any atom is -0.508 e. The van der Waals surface area contributed by atoms with Crippen LogP contribution in [-0.2, 0) is 5.41 Å². The van der Waals surface area contributed by atoms with E-state index in [0.29, 0.717) is 5.75 Å². The third-order valence-corrected chi connectivity index (χ3v) is 3.80. The van der Waals surface area contributed by atoms with Gasteiger partial charge >= 0.3 is 0 Å². The first-order valence-electron chi connectivity index (χ1n) is 7.56. The molecule has 0 aliphatic rings. The number of phenolic OH excluding ortho intramolecular Hbond substituents is 1. The van der Waals surface area contributed by atoms with Crippen LogP contribution in [0.2, 0.25) is 0 Å². The van der Waals surface area contributed by atoms with Gasteiger partial charge in [0, 0.05) is 5.69 Å². The summed E-state index contributed by atoms with van der Waals surface area (Å²) >= 11 is 0. The van der Waals surface area contributed by atoms with Gasteiger partial charge in [-0.3, -0.25) is 0 Å². The molecule has 2 N–H and O–H groups in total. The van der Waals surface area contributed by atoms with E-state index < -0.39 is 0 Å². The van der Waals surface area contributed by atoms with E-state index in [1.165, 1.54) is 11.1 Å². The lowest BCUT2D eigenvalue weighted by Gasteiger charge is -2.22. The average Bonchev–Trinajstić information content (AvgIpc) is 2.45. The van der Waals surface area contributed by atoms with E-state index in [-0.39, 0.29) is 11.5 Å². The molecule has 0 heterocycles. The maximum absolute atomic E-state index is 9.39. The molecule has 2 aromatic rings. The van der Waals surface area contributed by atoms with Gasteiger partial charge in [-0.2, -0.15) is 0 Å². The fourth-order valence-electron chi connectivity index (χ4n) is 2.40. The Kier molecular flexibility index (Phi) is 4.56. The average molecular weight is 283 g/mol. The van der Waals surface area contributed by atoms with Crippen molar-refractivity contribution in [2.24, 2.45) is 0 Å². The molecular formula is C19H25NO. The Hall–Kier alpha value is -1.96. The fourth-order valence-corrected chi connectivity index (χ4v) is 2.40. The SMILES string of the molecule is CCC(Nc1ccc(C(C)(C)C)cc1)c1ccc(O)cc1. The molecule has 1 atom stereocenters. The van der Waals surface area contributed by atoms with Crippen molar-refractivity contribution in [2.75, 3.05) is 5.32 Å². The maximum Gasteiger partial charge on any atom is 0.115 e. The lowest BCUT2D eigenvalue weighted by atomic mass is 9.87. The van der Waals surface area contributed by atoms with Gasteiger partial charge in [0.2, 0.25) is 0 Å². The van der Waals surface area contributed by atoms with Gasteiger partial charge in [0.15, 0.2) is 0 Å². The highest BCUT2D eigenvalue weighted by Gasteiger charge is 2.14. The van der Waals surface area contributed by atoms with Crippen LogP contribution in [0.1, 0.15) is 51.3 Å². The first-order valence-corrected chi connectivity index (χ1v) is 7.56. The molecule has 0 aliphatic carbocycles. The Balaban J connectivity index is 2.13. The second-order valence-electron chi connectivity index (χ2n) is 6.52. The number of hydrogen-bond donors (Lipinski definition) is 2. The molecule has 0 saturated carbocycles. The predicted molar refractivity (Wildman–Crippen MR) is 89.9 cm³/mol. The summed E-state index contributed by atoms with van der Waals surface area (Å²) in [4.78, 5) is 0. The number of rotatable bonds is 4. The largest absolute Gasteiger partial charge is 0.508 e. The number of anilines is 1. The van der Waals surface area contributed by atoms with Crippen molar-refractivity contribution in [3.8, 4) is 5.75 Å². The molecule has 0 aromatic heterocycles. The molecule has 0 radical (unpaired) electrons. The van der Waals surface area contributed by atoms with Crippen LogP contribution in [0.25, 0.3) is 0 Å². The van der Waals surface area contributed by atoms with Gasteiger partial charge in [-0.25, -0.2) is 0 Å². The minimum atomic E-state index is 0.180. The molecule has 0 aliphatic heterocycles. The minimum absolute atomic E-state index is 0.180. The van der Waals surface area contributed by atoms with E-state index in [2.05, 4.69) is 57.3 Å². The lowest BCUT2D eigenvalue weighted by Crippen LogP contribution is -2.12. The summed E-state index contributed by atoms with van der Waals surface area (Å²) in [5.74, 6) is 0.308. The van der Waals surface area contributed by atoms with Crippen molar-refractivity contribution < 1.29 is 5.11 Å². The highest BCUT2D eigenvalue weighted by atomic mass is 16.3. The Morgan fingerprint density at radius 2 is 1.52 bits per heavy atom. The lowest BCUT2D eigenvalue weighted by molar-refractivity contribution is 0.475. The fraction of sp³-hybridized carbons (Fsp3) is 0.368. The normalized spacial score (nSPS) is 13.0. The highest BCUT2D eigenvalue weighted by Crippen LogP contribution is 2.27. The molecule has 0 saturated heterocycles. The van der Waals surface area contributed by atoms with E-state index in [1.807, 2.05) is 12.1 Å². The molecule has 1 unspecified atom stereocenters. The second-order valence-corrected chi connectivity index (χ2v) is 6.52. The zero-order chi connectivity index (χ0) is 15.5. The van der Waals surface area contributed by atoms with E-state index in [0.717, 1.165) is 12.1 Å². The van der Waals surface area contributed by atoms with Crippen molar-refractivity contribution in [3.63, 3.8) is 0 Å². The van der Waals surface area contributed by atoms with Gasteiger partial charge in [0.25, 0.3) is 0 Å².